The highest BCUT2D eigenvalue weighted by Crippen LogP contribution is 2.89. The standard InChI is InChI=1S/C40H48O8/c1-23(41)47-34(2)19-40(46-21-34)32(43)31(33(44)48-40)26-12-16-39-20-38(26,39)15-13-28-35(3)14-11-25-17-27(24-9-7-6-8-10-24)45-22-36(25,4)29(35)18-30(42)37(28,39)5/h6-11,13,15,26-29,31-32,43H,12,14,16-22H2,1-5H3/t26-,27-,28+,29+,31+,32+,34+,35+,36-,37-,38+,39+,40-/m0/s1. The second kappa shape index (κ2) is 9.49. The summed E-state index contributed by atoms with van der Waals surface area (Å²) in [5, 5.41) is 11.8. The average Bonchev–Trinajstić information content (AvgIpc) is 3.34. The predicted molar refractivity (Wildman–Crippen MR) is 174 cm³/mol. The number of ether oxygens (including phenoxy) is 4. The third kappa shape index (κ3) is 3.60. The van der Waals surface area contributed by atoms with Crippen molar-refractivity contribution in [2.45, 2.75) is 103 Å². The maximum atomic E-state index is 14.8. The van der Waals surface area contributed by atoms with E-state index < -0.39 is 40.8 Å². The summed E-state index contributed by atoms with van der Waals surface area (Å²) in [6.45, 7) is 10.7. The van der Waals surface area contributed by atoms with Crippen molar-refractivity contribution in [3.05, 3.63) is 59.7 Å². The molecule has 3 saturated heterocycles. The van der Waals surface area contributed by atoms with Crippen LogP contribution in [0.15, 0.2) is 54.1 Å². The van der Waals surface area contributed by atoms with Gasteiger partial charge in [-0.25, -0.2) is 0 Å². The van der Waals surface area contributed by atoms with Crippen LogP contribution in [0.1, 0.15) is 91.2 Å². The van der Waals surface area contributed by atoms with Crippen molar-refractivity contribution in [2.24, 2.45) is 50.7 Å². The molecule has 9 rings (SSSR count). The zero-order valence-electron chi connectivity index (χ0n) is 28.8. The van der Waals surface area contributed by atoms with Gasteiger partial charge in [0.05, 0.1) is 31.7 Å². The largest absolute Gasteiger partial charge is 0.457 e. The Bertz CT molecular complexity index is 1680. The van der Waals surface area contributed by atoms with E-state index >= 15 is 0 Å². The topological polar surface area (TPSA) is 108 Å². The number of rotatable bonds is 3. The minimum absolute atomic E-state index is 0.0391. The van der Waals surface area contributed by atoms with Crippen molar-refractivity contribution >= 4 is 17.7 Å². The summed E-state index contributed by atoms with van der Waals surface area (Å²) < 4.78 is 24.0. The molecular formula is C40H48O8. The molecule has 1 spiro atoms. The number of Topliss-reactive ketones (excluding diaryl/α,β-unsaturated/α-hetero) is 1. The van der Waals surface area contributed by atoms with Gasteiger partial charge in [-0.3, -0.25) is 14.4 Å². The molecule has 256 valence electrons. The minimum Gasteiger partial charge on any atom is -0.457 e. The van der Waals surface area contributed by atoms with Crippen molar-refractivity contribution in [3.8, 4) is 0 Å². The molecule has 0 unspecified atom stereocenters. The number of benzene rings is 1. The lowest BCUT2D eigenvalue weighted by Crippen LogP contribution is -2.63. The van der Waals surface area contributed by atoms with Crippen molar-refractivity contribution < 1.29 is 38.4 Å². The van der Waals surface area contributed by atoms with E-state index in [0.717, 1.165) is 32.1 Å². The Kier molecular flexibility index (Phi) is 6.17. The smallest absolute Gasteiger partial charge is 0.314 e. The maximum absolute atomic E-state index is 14.8. The fourth-order valence-electron chi connectivity index (χ4n) is 13.2. The summed E-state index contributed by atoms with van der Waals surface area (Å²) in [5.41, 5.74) is 0.179. The lowest BCUT2D eigenvalue weighted by molar-refractivity contribution is -0.220. The molecule has 3 heterocycles. The highest BCUT2D eigenvalue weighted by Gasteiger charge is 2.86. The normalized spacial score (nSPS) is 52.8. The molecule has 0 bridgehead atoms. The number of hydrogen-bond donors (Lipinski definition) is 1. The molecule has 8 nitrogen and oxygen atoms in total. The molecule has 0 aromatic heterocycles. The summed E-state index contributed by atoms with van der Waals surface area (Å²) in [6, 6.07) is 10.5. The van der Waals surface area contributed by atoms with Crippen LogP contribution in [0.25, 0.3) is 0 Å². The quantitative estimate of drug-likeness (QED) is 0.311. The number of ketones is 1. The molecule has 3 saturated carbocycles. The number of aliphatic hydroxyl groups is 1. The molecule has 3 aliphatic heterocycles. The van der Waals surface area contributed by atoms with Crippen LogP contribution in [-0.2, 0) is 33.3 Å². The van der Waals surface area contributed by atoms with Gasteiger partial charge in [0.25, 0.3) is 0 Å². The number of esters is 2. The number of hydrogen-bond acceptors (Lipinski definition) is 8. The number of carbonyl (C=O) groups excluding carboxylic acids is 3. The zero-order valence-corrected chi connectivity index (χ0v) is 28.8. The van der Waals surface area contributed by atoms with Crippen molar-refractivity contribution in [1.82, 2.24) is 0 Å². The van der Waals surface area contributed by atoms with Crippen LogP contribution < -0.4 is 0 Å². The van der Waals surface area contributed by atoms with Gasteiger partial charge in [-0.1, -0.05) is 74.9 Å². The molecule has 1 aromatic carbocycles. The molecule has 5 aliphatic carbocycles. The Balaban J connectivity index is 1.03. The van der Waals surface area contributed by atoms with Crippen LogP contribution in [0, 0.1) is 50.7 Å². The average molecular weight is 657 g/mol. The molecule has 8 heteroatoms. The summed E-state index contributed by atoms with van der Waals surface area (Å²) in [4.78, 5) is 40.3. The van der Waals surface area contributed by atoms with E-state index in [1.807, 2.05) is 6.07 Å². The molecule has 0 amide bonds. The van der Waals surface area contributed by atoms with Gasteiger partial charge in [0, 0.05) is 24.2 Å². The van der Waals surface area contributed by atoms with Gasteiger partial charge in [0.15, 0.2) is 0 Å². The predicted octanol–water partition coefficient (Wildman–Crippen LogP) is 6.03. The second-order valence-electron chi connectivity index (χ2n) is 17.6. The number of carbonyl (C=O) groups is 3. The van der Waals surface area contributed by atoms with E-state index in [4.69, 9.17) is 18.9 Å². The molecule has 13 atom stereocenters. The zero-order chi connectivity index (χ0) is 33.7. The van der Waals surface area contributed by atoms with E-state index in [-0.39, 0.29) is 58.5 Å². The Hall–Kier alpha value is -2.81. The molecule has 1 N–H and O–H groups in total. The molecule has 6 fully saturated rings. The summed E-state index contributed by atoms with van der Waals surface area (Å²) in [6.07, 6.45) is 10.9. The summed E-state index contributed by atoms with van der Waals surface area (Å²) >= 11 is 0. The Labute approximate surface area is 282 Å². The minimum atomic E-state index is -1.53. The van der Waals surface area contributed by atoms with Crippen LogP contribution in [0.4, 0.5) is 0 Å². The van der Waals surface area contributed by atoms with Crippen molar-refractivity contribution in [2.75, 3.05) is 13.2 Å². The van der Waals surface area contributed by atoms with E-state index in [2.05, 4.69) is 63.3 Å². The lowest BCUT2D eigenvalue weighted by Gasteiger charge is -2.64. The van der Waals surface area contributed by atoms with Crippen LogP contribution >= 0.6 is 0 Å². The molecular weight excluding hydrogens is 608 g/mol. The van der Waals surface area contributed by atoms with E-state index in [9.17, 15) is 19.5 Å². The van der Waals surface area contributed by atoms with E-state index in [1.54, 1.807) is 6.92 Å². The summed E-state index contributed by atoms with van der Waals surface area (Å²) in [5.74, 6) is -2.76. The van der Waals surface area contributed by atoms with E-state index in [1.165, 1.54) is 18.1 Å². The Morgan fingerprint density at radius 1 is 1.02 bits per heavy atom. The number of aliphatic hydroxyl groups excluding tert-OH is 1. The second-order valence-corrected chi connectivity index (χ2v) is 17.6. The van der Waals surface area contributed by atoms with Gasteiger partial charge in [0.2, 0.25) is 5.79 Å². The molecule has 48 heavy (non-hydrogen) atoms. The van der Waals surface area contributed by atoms with Gasteiger partial charge < -0.3 is 24.1 Å². The first-order valence-corrected chi connectivity index (χ1v) is 18.0. The fourth-order valence-corrected chi connectivity index (χ4v) is 13.2. The Morgan fingerprint density at radius 2 is 1.79 bits per heavy atom. The number of fused-ring (bicyclic) bond motifs is 5. The first-order chi connectivity index (χ1) is 22.7. The van der Waals surface area contributed by atoms with Crippen molar-refractivity contribution in [3.63, 3.8) is 0 Å². The SMILES string of the molecule is CC(=O)O[C@@]1(C)CO[C@@]2(C1)OC(=O)[C@H]([C@@H]1CC[C@]34C[C@]13C=C[C@@H]1[C@@]3(C)CC=C5C[C@@H](c6ccccc6)OC[C@]5(C)[C@@H]3CC(=O)[C@]14C)[C@H]2O. The van der Waals surface area contributed by atoms with Gasteiger partial charge in [-0.2, -0.15) is 0 Å². The van der Waals surface area contributed by atoms with Gasteiger partial charge in [-0.05, 0) is 78.6 Å². The third-order valence-electron chi connectivity index (χ3n) is 15.4. The highest BCUT2D eigenvalue weighted by atomic mass is 16.8. The molecule has 1 aromatic rings. The van der Waals surface area contributed by atoms with Crippen LogP contribution in [0.2, 0.25) is 0 Å². The summed E-state index contributed by atoms with van der Waals surface area (Å²) in [7, 11) is 0. The molecule has 0 radical (unpaired) electrons. The van der Waals surface area contributed by atoms with E-state index in [0.29, 0.717) is 18.8 Å². The van der Waals surface area contributed by atoms with Gasteiger partial charge in [-0.15, -0.1) is 0 Å². The third-order valence-corrected chi connectivity index (χ3v) is 15.4. The number of allylic oxidation sites excluding steroid dienone is 3. The molecule has 8 aliphatic rings. The Morgan fingerprint density at radius 3 is 2.54 bits per heavy atom. The maximum Gasteiger partial charge on any atom is 0.314 e. The lowest BCUT2D eigenvalue weighted by atomic mass is 9.39. The van der Waals surface area contributed by atoms with Gasteiger partial charge in [0.1, 0.15) is 17.5 Å². The fraction of sp³-hybridized carbons (Fsp3) is 0.675. The van der Waals surface area contributed by atoms with Crippen molar-refractivity contribution in [1.29, 1.82) is 0 Å². The van der Waals surface area contributed by atoms with Crippen LogP contribution in [0.3, 0.4) is 0 Å². The van der Waals surface area contributed by atoms with Gasteiger partial charge >= 0.3 is 11.9 Å². The monoisotopic (exact) mass is 656 g/mol. The first-order valence-electron chi connectivity index (χ1n) is 18.0. The van der Waals surface area contributed by atoms with Crippen LogP contribution in [-0.4, -0.2) is 53.5 Å². The highest BCUT2D eigenvalue weighted by molar-refractivity contribution is 5.90. The first kappa shape index (κ1) is 31.2. The van der Waals surface area contributed by atoms with Crippen LogP contribution in [0.5, 0.6) is 0 Å².